The molecule has 1 aliphatic heterocycles. The molecule has 0 spiro atoms. The number of methoxy groups -OCH3 is 1. The lowest BCUT2D eigenvalue weighted by molar-refractivity contribution is 0.0536. The quantitative estimate of drug-likeness (QED) is 0.300. The van der Waals surface area contributed by atoms with Crippen LogP contribution in [0.3, 0.4) is 0 Å². The second-order valence-electron chi connectivity index (χ2n) is 5.70. The number of aliphatic imine (C=N–C) groups is 1. The number of guanidine groups is 1. The van der Waals surface area contributed by atoms with Gasteiger partial charge in [0.2, 0.25) is 0 Å². The van der Waals surface area contributed by atoms with Crippen molar-refractivity contribution in [2.45, 2.75) is 13.0 Å². The van der Waals surface area contributed by atoms with Crippen LogP contribution in [0.4, 0.5) is 4.39 Å². The second-order valence-corrected chi connectivity index (χ2v) is 5.70. The molecule has 5 nitrogen and oxygen atoms in total. The summed E-state index contributed by atoms with van der Waals surface area (Å²) in [5, 5.41) is 3.34. The van der Waals surface area contributed by atoms with Crippen LogP contribution in [-0.4, -0.2) is 57.9 Å². The first-order chi connectivity index (χ1) is 11.2. The van der Waals surface area contributed by atoms with E-state index in [1.54, 1.807) is 26.3 Å². The average Bonchev–Trinajstić information content (AvgIpc) is 3.03. The van der Waals surface area contributed by atoms with Gasteiger partial charge in [0, 0.05) is 39.7 Å². The minimum absolute atomic E-state index is 0. The molecule has 1 atom stereocenters. The molecule has 24 heavy (non-hydrogen) atoms. The van der Waals surface area contributed by atoms with E-state index in [2.05, 4.69) is 15.2 Å². The van der Waals surface area contributed by atoms with Gasteiger partial charge < -0.3 is 19.7 Å². The average molecular weight is 451 g/mol. The van der Waals surface area contributed by atoms with Gasteiger partial charge in [0.15, 0.2) is 5.96 Å². The van der Waals surface area contributed by atoms with Gasteiger partial charge in [0.25, 0.3) is 0 Å². The summed E-state index contributed by atoms with van der Waals surface area (Å²) in [4.78, 5) is 6.59. The molecule has 1 unspecified atom stereocenters. The first kappa shape index (κ1) is 21.1. The summed E-state index contributed by atoms with van der Waals surface area (Å²) in [6.07, 6.45) is 1.10. The monoisotopic (exact) mass is 451 g/mol. The van der Waals surface area contributed by atoms with Crippen LogP contribution in [-0.2, 0) is 16.0 Å². The smallest absolute Gasteiger partial charge is 0.193 e. The van der Waals surface area contributed by atoms with Gasteiger partial charge in [-0.15, -0.1) is 24.0 Å². The van der Waals surface area contributed by atoms with Crippen molar-refractivity contribution < 1.29 is 13.9 Å². The predicted molar refractivity (Wildman–Crippen MR) is 104 cm³/mol. The third-order valence-electron chi connectivity index (χ3n) is 3.95. The lowest BCUT2D eigenvalue weighted by Gasteiger charge is -2.21. The third-order valence-corrected chi connectivity index (χ3v) is 3.95. The van der Waals surface area contributed by atoms with Gasteiger partial charge in [-0.2, -0.15) is 0 Å². The van der Waals surface area contributed by atoms with E-state index in [0.717, 1.165) is 37.6 Å². The van der Waals surface area contributed by atoms with Crippen molar-refractivity contribution in [2.24, 2.45) is 10.9 Å². The molecule has 1 N–H and O–H groups in total. The lowest BCUT2D eigenvalue weighted by Crippen LogP contribution is -2.39. The predicted octanol–water partition coefficient (Wildman–Crippen LogP) is 2.50. The van der Waals surface area contributed by atoms with Gasteiger partial charge in [-0.1, -0.05) is 12.1 Å². The van der Waals surface area contributed by atoms with Gasteiger partial charge in [-0.05, 0) is 24.1 Å². The number of ether oxygens (including phenoxy) is 2. The van der Waals surface area contributed by atoms with Crippen molar-refractivity contribution in [1.82, 2.24) is 10.2 Å². The van der Waals surface area contributed by atoms with Crippen molar-refractivity contribution in [2.75, 3.05) is 47.1 Å². The van der Waals surface area contributed by atoms with E-state index in [1.165, 1.54) is 12.1 Å². The Labute approximate surface area is 160 Å². The molecule has 0 bridgehead atoms. The minimum Gasteiger partial charge on any atom is -0.382 e. The maximum atomic E-state index is 12.9. The Balaban J connectivity index is 0.00000288. The van der Waals surface area contributed by atoms with Crippen LogP contribution in [0.2, 0.25) is 0 Å². The van der Waals surface area contributed by atoms with Crippen molar-refractivity contribution in [3.8, 4) is 0 Å². The summed E-state index contributed by atoms with van der Waals surface area (Å²) in [6, 6.07) is 6.52. The maximum Gasteiger partial charge on any atom is 0.193 e. The zero-order valence-corrected chi connectivity index (χ0v) is 16.7. The fourth-order valence-corrected chi connectivity index (χ4v) is 2.67. The largest absolute Gasteiger partial charge is 0.382 e. The fourth-order valence-electron chi connectivity index (χ4n) is 2.67. The summed E-state index contributed by atoms with van der Waals surface area (Å²) in [7, 11) is 3.47. The highest BCUT2D eigenvalue weighted by atomic mass is 127. The molecular weight excluding hydrogens is 424 g/mol. The Morgan fingerprint density at radius 2 is 2.08 bits per heavy atom. The van der Waals surface area contributed by atoms with Gasteiger partial charge >= 0.3 is 0 Å². The van der Waals surface area contributed by atoms with Gasteiger partial charge in [0.1, 0.15) is 5.82 Å². The highest BCUT2D eigenvalue weighted by molar-refractivity contribution is 14.0. The van der Waals surface area contributed by atoms with Crippen LogP contribution in [0.1, 0.15) is 12.0 Å². The Kier molecular flexibility index (Phi) is 10.2. The number of likely N-dealkylation sites (tertiary alicyclic amines) is 1. The maximum absolute atomic E-state index is 12.9. The Bertz CT molecular complexity index is 499. The molecule has 0 radical (unpaired) electrons. The van der Waals surface area contributed by atoms with Crippen LogP contribution in [0.5, 0.6) is 0 Å². The highest BCUT2D eigenvalue weighted by Crippen LogP contribution is 2.16. The standard InChI is InChI=1S/C17H26FN3O2.HI/c1-19-17(20-11-14-3-5-16(18)6-4-14)21-8-7-15(12-21)13-23-10-9-22-2;/h3-6,15H,7-13H2,1-2H3,(H,19,20);1H. The molecule has 0 saturated carbocycles. The van der Waals surface area contributed by atoms with Crippen molar-refractivity contribution in [3.63, 3.8) is 0 Å². The highest BCUT2D eigenvalue weighted by Gasteiger charge is 2.24. The summed E-state index contributed by atoms with van der Waals surface area (Å²) in [5.74, 6) is 1.19. The summed E-state index contributed by atoms with van der Waals surface area (Å²) < 4.78 is 23.5. The van der Waals surface area contributed by atoms with E-state index in [-0.39, 0.29) is 29.8 Å². The topological polar surface area (TPSA) is 46.1 Å². The molecule has 7 heteroatoms. The van der Waals surface area contributed by atoms with Gasteiger partial charge in [-0.3, -0.25) is 4.99 Å². The molecular formula is C17H27FIN3O2. The summed E-state index contributed by atoms with van der Waals surface area (Å²) in [5.41, 5.74) is 1.03. The van der Waals surface area contributed by atoms with Crippen molar-refractivity contribution in [3.05, 3.63) is 35.6 Å². The fraction of sp³-hybridized carbons (Fsp3) is 0.588. The molecule has 2 rings (SSSR count). The van der Waals surface area contributed by atoms with E-state index in [1.807, 2.05) is 0 Å². The minimum atomic E-state index is -0.214. The number of hydrogen-bond acceptors (Lipinski definition) is 3. The van der Waals surface area contributed by atoms with Gasteiger partial charge in [-0.25, -0.2) is 4.39 Å². The normalized spacial score (nSPS) is 17.7. The Morgan fingerprint density at radius 3 is 2.75 bits per heavy atom. The van der Waals surface area contributed by atoms with Crippen LogP contribution >= 0.6 is 24.0 Å². The first-order valence-electron chi connectivity index (χ1n) is 7.99. The van der Waals surface area contributed by atoms with E-state index in [4.69, 9.17) is 9.47 Å². The van der Waals surface area contributed by atoms with E-state index in [0.29, 0.717) is 25.7 Å². The number of nitrogens with one attached hydrogen (secondary N) is 1. The Morgan fingerprint density at radius 1 is 1.33 bits per heavy atom. The number of nitrogens with zero attached hydrogens (tertiary/aromatic N) is 2. The van der Waals surface area contributed by atoms with Crippen LogP contribution in [0, 0.1) is 11.7 Å². The second kappa shape index (κ2) is 11.6. The molecule has 1 fully saturated rings. The number of benzene rings is 1. The summed E-state index contributed by atoms with van der Waals surface area (Å²) in [6.45, 7) is 4.59. The number of hydrogen-bond donors (Lipinski definition) is 1. The molecule has 1 saturated heterocycles. The Hall–Kier alpha value is -0.930. The van der Waals surface area contributed by atoms with Gasteiger partial charge in [0.05, 0.1) is 19.8 Å². The third kappa shape index (κ3) is 6.90. The number of halogens is 2. The SMILES string of the molecule is CN=C(NCc1ccc(F)cc1)N1CCC(COCCOC)C1.I. The molecule has 1 aromatic rings. The zero-order chi connectivity index (χ0) is 16.5. The first-order valence-corrected chi connectivity index (χ1v) is 7.99. The van der Waals surface area contributed by atoms with Crippen molar-refractivity contribution >= 4 is 29.9 Å². The lowest BCUT2D eigenvalue weighted by atomic mass is 10.1. The van der Waals surface area contributed by atoms with E-state index in [9.17, 15) is 4.39 Å². The molecule has 136 valence electrons. The molecule has 1 aromatic carbocycles. The molecule has 1 aliphatic rings. The van der Waals surface area contributed by atoms with E-state index >= 15 is 0 Å². The molecule has 0 aliphatic carbocycles. The number of rotatable bonds is 7. The van der Waals surface area contributed by atoms with E-state index < -0.39 is 0 Å². The van der Waals surface area contributed by atoms with Crippen LogP contribution in [0.25, 0.3) is 0 Å². The molecule has 0 aromatic heterocycles. The zero-order valence-electron chi connectivity index (χ0n) is 14.3. The van der Waals surface area contributed by atoms with Crippen LogP contribution in [0.15, 0.2) is 29.3 Å². The van der Waals surface area contributed by atoms with Crippen molar-refractivity contribution in [1.29, 1.82) is 0 Å². The molecule has 1 heterocycles. The summed E-state index contributed by atoms with van der Waals surface area (Å²) >= 11 is 0. The van der Waals surface area contributed by atoms with Crippen LogP contribution < -0.4 is 5.32 Å². The molecule has 0 amide bonds.